The fourth-order valence-electron chi connectivity index (χ4n) is 4.80. The second kappa shape index (κ2) is 9.99. The molecule has 0 unspecified atom stereocenters. The summed E-state index contributed by atoms with van der Waals surface area (Å²) in [6, 6.07) is 22.4. The minimum Gasteiger partial charge on any atom is -0.0654 e. The van der Waals surface area contributed by atoms with Crippen LogP contribution in [0.1, 0.15) is 87.0 Å². The van der Waals surface area contributed by atoms with Crippen LogP contribution < -0.4 is 0 Å². The molecule has 0 saturated heterocycles. The van der Waals surface area contributed by atoms with E-state index in [0.717, 1.165) is 23.0 Å². The summed E-state index contributed by atoms with van der Waals surface area (Å²) in [5, 5.41) is 2.59. The highest BCUT2D eigenvalue weighted by atomic mass is 14.3. The highest BCUT2D eigenvalue weighted by molar-refractivity contribution is 5.84. The van der Waals surface area contributed by atoms with Crippen LogP contribution >= 0.6 is 0 Å². The molecular formula is C30H34. The minimum atomic E-state index is 0.748. The first-order chi connectivity index (χ1) is 14.7. The maximum atomic E-state index is 3.36. The molecule has 0 bridgehead atoms. The molecule has 0 spiro atoms. The van der Waals surface area contributed by atoms with Crippen LogP contribution in [0.15, 0.2) is 60.7 Å². The molecule has 0 amide bonds. The monoisotopic (exact) mass is 394 g/mol. The molecule has 1 aliphatic rings. The summed E-state index contributed by atoms with van der Waals surface area (Å²) in [7, 11) is 0. The van der Waals surface area contributed by atoms with Crippen molar-refractivity contribution in [2.45, 2.75) is 71.1 Å². The van der Waals surface area contributed by atoms with Gasteiger partial charge in [0.2, 0.25) is 0 Å². The largest absolute Gasteiger partial charge is 0.0654 e. The van der Waals surface area contributed by atoms with Gasteiger partial charge in [0.05, 0.1) is 0 Å². The van der Waals surface area contributed by atoms with E-state index in [4.69, 9.17) is 0 Å². The Bertz CT molecular complexity index is 1020. The van der Waals surface area contributed by atoms with Gasteiger partial charge in [0.25, 0.3) is 0 Å². The molecule has 0 nitrogen and oxygen atoms in total. The van der Waals surface area contributed by atoms with E-state index in [9.17, 15) is 0 Å². The van der Waals surface area contributed by atoms with E-state index >= 15 is 0 Å². The van der Waals surface area contributed by atoms with Crippen molar-refractivity contribution >= 4 is 10.8 Å². The van der Waals surface area contributed by atoms with Gasteiger partial charge in [-0.25, -0.2) is 0 Å². The maximum Gasteiger partial charge on any atom is 0.0255 e. The van der Waals surface area contributed by atoms with Crippen molar-refractivity contribution in [2.75, 3.05) is 0 Å². The number of hydrogen-bond donors (Lipinski definition) is 0. The van der Waals surface area contributed by atoms with E-state index in [1.165, 1.54) is 73.3 Å². The zero-order chi connectivity index (χ0) is 20.8. The lowest BCUT2D eigenvalue weighted by Crippen LogP contribution is -2.12. The van der Waals surface area contributed by atoms with Gasteiger partial charge in [0, 0.05) is 11.1 Å². The Morgan fingerprint density at radius 1 is 0.733 bits per heavy atom. The van der Waals surface area contributed by atoms with Crippen LogP contribution in [0.2, 0.25) is 0 Å². The summed E-state index contributed by atoms with van der Waals surface area (Å²) in [4.78, 5) is 0. The van der Waals surface area contributed by atoms with Crippen molar-refractivity contribution in [2.24, 2.45) is 5.92 Å². The maximum absolute atomic E-state index is 3.36. The summed E-state index contributed by atoms with van der Waals surface area (Å²) in [5.41, 5.74) is 5.13. The Morgan fingerprint density at radius 3 is 2.13 bits per heavy atom. The summed E-state index contributed by atoms with van der Waals surface area (Å²) in [6.45, 7) is 4.58. The fraction of sp³-hybridized carbons (Fsp3) is 0.400. The van der Waals surface area contributed by atoms with Crippen LogP contribution in [0.4, 0.5) is 0 Å². The number of benzene rings is 3. The molecule has 4 rings (SSSR count). The van der Waals surface area contributed by atoms with Crippen LogP contribution in [0, 0.1) is 17.8 Å². The third kappa shape index (κ3) is 5.14. The molecule has 0 N–H and O–H groups in total. The third-order valence-corrected chi connectivity index (χ3v) is 6.88. The molecule has 0 atom stereocenters. The fourth-order valence-corrected chi connectivity index (χ4v) is 4.80. The minimum absolute atomic E-state index is 0.748. The molecule has 0 aromatic heterocycles. The van der Waals surface area contributed by atoms with Crippen molar-refractivity contribution < 1.29 is 0 Å². The van der Waals surface area contributed by atoms with Crippen molar-refractivity contribution in [1.82, 2.24) is 0 Å². The lowest BCUT2D eigenvalue weighted by molar-refractivity contribution is 0.319. The summed E-state index contributed by atoms with van der Waals surface area (Å²) in [6.07, 6.45) is 10.5. The Morgan fingerprint density at radius 2 is 1.40 bits per heavy atom. The topological polar surface area (TPSA) is 0 Å². The summed E-state index contributed by atoms with van der Waals surface area (Å²) < 4.78 is 0. The van der Waals surface area contributed by atoms with E-state index in [0.29, 0.717) is 0 Å². The zero-order valence-corrected chi connectivity index (χ0v) is 18.6. The molecule has 154 valence electrons. The SMILES string of the molecule is CCCCc1ccc2cc(C#Cc3ccc([C@H]4CC[C@H](CC)CC4)cc3)ccc2c1. The predicted octanol–water partition coefficient (Wildman–Crippen LogP) is 8.27. The van der Waals surface area contributed by atoms with Crippen LogP contribution in [0.25, 0.3) is 10.8 Å². The number of rotatable bonds is 5. The van der Waals surface area contributed by atoms with Gasteiger partial charge in [-0.1, -0.05) is 74.9 Å². The van der Waals surface area contributed by atoms with Gasteiger partial charge in [-0.15, -0.1) is 0 Å². The van der Waals surface area contributed by atoms with Crippen molar-refractivity contribution in [3.63, 3.8) is 0 Å². The molecule has 0 radical (unpaired) electrons. The molecule has 1 fully saturated rings. The predicted molar refractivity (Wildman–Crippen MR) is 130 cm³/mol. The second-order valence-corrected chi connectivity index (χ2v) is 9.00. The van der Waals surface area contributed by atoms with Gasteiger partial charge >= 0.3 is 0 Å². The molecule has 1 aliphatic carbocycles. The average Bonchev–Trinajstić information content (AvgIpc) is 2.81. The zero-order valence-electron chi connectivity index (χ0n) is 18.6. The van der Waals surface area contributed by atoms with E-state index in [1.54, 1.807) is 0 Å². The van der Waals surface area contributed by atoms with Gasteiger partial charge in [-0.3, -0.25) is 0 Å². The Labute approximate surface area is 182 Å². The van der Waals surface area contributed by atoms with Gasteiger partial charge in [0.1, 0.15) is 0 Å². The molecule has 3 aromatic carbocycles. The third-order valence-electron chi connectivity index (χ3n) is 6.88. The number of aryl methyl sites for hydroxylation is 1. The first-order valence-corrected chi connectivity index (χ1v) is 11.9. The highest BCUT2D eigenvalue weighted by Gasteiger charge is 2.20. The number of unbranched alkanes of at least 4 members (excludes halogenated alkanes) is 1. The van der Waals surface area contributed by atoms with Gasteiger partial charge in [-0.05, 0) is 96.5 Å². The molecule has 3 aromatic rings. The van der Waals surface area contributed by atoms with E-state index in [-0.39, 0.29) is 0 Å². The lowest BCUT2D eigenvalue weighted by atomic mass is 9.78. The van der Waals surface area contributed by atoms with Crippen molar-refractivity contribution in [3.05, 3.63) is 82.9 Å². The van der Waals surface area contributed by atoms with Crippen LogP contribution in [-0.2, 0) is 6.42 Å². The van der Waals surface area contributed by atoms with Crippen LogP contribution in [-0.4, -0.2) is 0 Å². The van der Waals surface area contributed by atoms with Gasteiger partial charge in [-0.2, -0.15) is 0 Å². The molecule has 0 heteroatoms. The first kappa shape index (κ1) is 20.7. The van der Waals surface area contributed by atoms with Crippen LogP contribution in [0.3, 0.4) is 0 Å². The van der Waals surface area contributed by atoms with Gasteiger partial charge in [0.15, 0.2) is 0 Å². The quantitative estimate of drug-likeness (QED) is 0.382. The van der Waals surface area contributed by atoms with Crippen molar-refractivity contribution in [3.8, 4) is 11.8 Å². The standard InChI is InChI=1S/C30H34/c1-3-5-6-25-13-19-30-22-26(14-20-29(30)21-25)8-7-24-11-17-28(18-12-24)27-15-9-23(4-2)10-16-27/h11-14,17-23,27H,3-6,9-10,15-16H2,1-2H3/t23-,27-. The number of fused-ring (bicyclic) bond motifs is 1. The summed E-state index contributed by atoms with van der Waals surface area (Å²) >= 11 is 0. The van der Waals surface area contributed by atoms with Crippen LogP contribution in [0.5, 0.6) is 0 Å². The molecule has 0 aliphatic heterocycles. The Kier molecular flexibility index (Phi) is 6.91. The number of hydrogen-bond acceptors (Lipinski definition) is 0. The molecular weight excluding hydrogens is 360 g/mol. The molecule has 0 heterocycles. The second-order valence-electron chi connectivity index (χ2n) is 9.00. The summed E-state index contributed by atoms with van der Waals surface area (Å²) in [5.74, 6) is 8.43. The smallest absolute Gasteiger partial charge is 0.0255 e. The highest BCUT2D eigenvalue weighted by Crippen LogP contribution is 2.36. The van der Waals surface area contributed by atoms with Crippen molar-refractivity contribution in [1.29, 1.82) is 0 Å². The average molecular weight is 395 g/mol. The normalized spacial score (nSPS) is 18.7. The Hall–Kier alpha value is -2.52. The molecule has 30 heavy (non-hydrogen) atoms. The lowest BCUT2D eigenvalue weighted by Gasteiger charge is -2.28. The Balaban J connectivity index is 1.43. The van der Waals surface area contributed by atoms with Gasteiger partial charge < -0.3 is 0 Å². The first-order valence-electron chi connectivity index (χ1n) is 11.9. The van der Waals surface area contributed by atoms with E-state index in [1.807, 2.05) is 0 Å². The van der Waals surface area contributed by atoms with E-state index < -0.39 is 0 Å². The van der Waals surface area contributed by atoms with E-state index in [2.05, 4.69) is 86.4 Å². The molecule has 1 saturated carbocycles.